The summed E-state index contributed by atoms with van der Waals surface area (Å²) in [4.78, 5) is 14.8. The first kappa shape index (κ1) is 14.0. The standard InChI is InChI=1S/C17H13NOS2/c1-12-7-9-14(10-8-12)18-16(19)15(21-17(18)20)11-13-5-3-2-4-6-13/h2-11H,1H3. The highest BCUT2D eigenvalue weighted by atomic mass is 32.2. The minimum absolute atomic E-state index is 0.0577. The van der Waals surface area contributed by atoms with Gasteiger partial charge in [-0.15, -0.1) is 0 Å². The second kappa shape index (κ2) is 5.84. The molecule has 1 aliphatic heterocycles. The zero-order valence-corrected chi connectivity index (χ0v) is 13.1. The lowest BCUT2D eigenvalue weighted by Crippen LogP contribution is -2.27. The number of rotatable bonds is 2. The van der Waals surface area contributed by atoms with Crippen LogP contribution >= 0.6 is 24.0 Å². The smallest absolute Gasteiger partial charge is 0.268 e. The van der Waals surface area contributed by atoms with Gasteiger partial charge in [0.2, 0.25) is 0 Å². The fourth-order valence-electron chi connectivity index (χ4n) is 2.08. The Morgan fingerprint density at radius 3 is 2.38 bits per heavy atom. The summed E-state index contributed by atoms with van der Waals surface area (Å²) >= 11 is 6.70. The van der Waals surface area contributed by atoms with Crippen LogP contribution in [-0.4, -0.2) is 10.2 Å². The van der Waals surface area contributed by atoms with Gasteiger partial charge < -0.3 is 0 Å². The normalized spacial score (nSPS) is 16.8. The third-order valence-electron chi connectivity index (χ3n) is 3.18. The van der Waals surface area contributed by atoms with Crippen LogP contribution in [0.1, 0.15) is 11.1 Å². The number of thioether (sulfide) groups is 1. The summed E-state index contributed by atoms with van der Waals surface area (Å²) in [6.45, 7) is 2.02. The van der Waals surface area contributed by atoms with Gasteiger partial charge in [0.1, 0.15) is 0 Å². The van der Waals surface area contributed by atoms with Gasteiger partial charge in [-0.25, -0.2) is 0 Å². The lowest BCUT2D eigenvalue weighted by molar-refractivity contribution is -0.113. The quantitative estimate of drug-likeness (QED) is 0.605. The van der Waals surface area contributed by atoms with Crippen molar-refractivity contribution in [2.45, 2.75) is 6.92 Å². The van der Waals surface area contributed by atoms with E-state index < -0.39 is 0 Å². The maximum atomic E-state index is 12.6. The topological polar surface area (TPSA) is 20.3 Å². The third kappa shape index (κ3) is 2.91. The summed E-state index contributed by atoms with van der Waals surface area (Å²) in [6, 6.07) is 17.6. The number of hydrogen-bond donors (Lipinski definition) is 0. The average molecular weight is 311 g/mol. The molecule has 4 heteroatoms. The van der Waals surface area contributed by atoms with E-state index in [0.717, 1.165) is 16.8 Å². The maximum Gasteiger partial charge on any atom is 0.270 e. The molecule has 104 valence electrons. The zero-order valence-electron chi connectivity index (χ0n) is 11.4. The van der Waals surface area contributed by atoms with E-state index in [9.17, 15) is 4.79 Å². The molecule has 0 saturated carbocycles. The van der Waals surface area contributed by atoms with E-state index in [4.69, 9.17) is 12.2 Å². The minimum Gasteiger partial charge on any atom is -0.268 e. The molecule has 0 N–H and O–H groups in total. The van der Waals surface area contributed by atoms with Crippen LogP contribution in [0.15, 0.2) is 59.5 Å². The number of benzene rings is 2. The van der Waals surface area contributed by atoms with Crippen molar-refractivity contribution in [3.8, 4) is 0 Å². The molecule has 0 radical (unpaired) electrons. The van der Waals surface area contributed by atoms with Gasteiger partial charge in [0.25, 0.3) is 5.91 Å². The molecule has 0 aliphatic carbocycles. The lowest BCUT2D eigenvalue weighted by Gasteiger charge is -2.14. The van der Waals surface area contributed by atoms with E-state index >= 15 is 0 Å². The van der Waals surface area contributed by atoms with Gasteiger partial charge in [0.05, 0.1) is 10.6 Å². The first-order valence-electron chi connectivity index (χ1n) is 6.55. The number of nitrogens with zero attached hydrogens (tertiary/aromatic N) is 1. The van der Waals surface area contributed by atoms with Gasteiger partial charge in [-0.1, -0.05) is 72.0 Å². The summed E-state index contributed by atoms with van der Waals surface area (Å²) in [5.41, 5.74) is 2.98. The first-order valence-corrected chi connectivity index (χ1v) is 7.77. The fourth-order valence-corrected chi connectivity index (χ4v) is 3.38. The van der Waals surface area contributed by atoms with Gasteiger partial charge in [-0.2, -0.15) is 0 Å². The van der Waals surface area contributed by atoms with Crippen LogP contribution in [0.25, 0.3) is 6.08 Å². The summed E-state index contributed by atoms with van der Waals surface area (Å²) in [7, 11) is 0. The summed E-state index contributed by atoms with van der Waals surface area (Å²) in [5.74, 6) is -0.0577. The molecule has 0 bridgehead atoms. The summed E-state index contributed by atoms with van der Waals surface area (Å²) in [5, 5.41) is 0. The molecule has 1 heterocycles. The Labute approximate surface area is 133 Å². The molecule has 0 aromatic heterocycles. The summed E-state index contributed by atoms with van der Waals surface area (Å²) in [6.07, 6.45) is 1.88. The Morgan fingerprint density at radius 1 is 1.05 bits per heavy atom. The molecule has 1 amide bonds. The summed E-state index contributed by atoms with van der Waals surface area (Å²) < 4.78 is 0.575. The Morgan fingerprint density at radius 2 is 1.71 bits per heavy atom. The van der Waals surface area contributed by atoms with Crippen molar-refractivity contribution in [1.82, 2.24) is 0 Å². The molecule has 1 aliphatic rings. The lowest BCUT2D eigenvalue weighted by atomic mass is 10.2. The van der Waals surface area contributed by atoms with Crippen LogP contribution in [-0.2, 0) is 4.79 Å². The molecule has 1 saturated heterocycles. The van der Waals surface area contributed by atoms with Crippen molar-refractivity contribution in [2.75, 3.05) is 4.90 Å². The predicted octanol–water partition coefficient (Wildman–Crippen LogP) is 4.40. The monoisotopic (exact) mass is 311 g/mol. The minimum atomic E-state index is -0.0577. The number of amides is 1. The van der Waals surface area contributed by atoms with Crippen LogP contribution in [0.4, 0.5) is 5.69 Å². The van der Waals surface area contributed by atoms with Gasteiger partial charge in [-0.05, 0) is 30.7 Å². The fraction of sp³-hybridized carbons (Fsp3) is 0.0588. The van der Waals surface area contributed by atoms with Gasteiger partial charge in [0.15, 0.2) is 4.32 Å². The number of anilines is 1. The zero-order chi connectivity index (χ0) is 14.8. The molecule has 0 atom stereocenters. The second-order valence-electron chi connectivity index (χ2n) is 4.76. The Hall–Kier alpha value is -1.91. The number of carbonyl (C=O) groups is 1. The van der Waals surface area contributed by atoms with E-state index in [1.807, 2.05) is 67.6 Å². The highest BCUT2D eigenvalue weighted by molar-refractivity contribution is 8.27. The molecule has 0 spiro atoms. The SMILES string of the molecule is Cc1ccc(N2C(=O)C(=Cc3ccccc3)SC2=S)cc1. The van der Waals surface area contributed by atoms with Crippen LogP contribution in [0.5, 0.6) is 0 Å². The molecule has 2 aromatic carbocycles. The van der Waals surface area contributed by atoms with E-state index in [-0.39, 0.29) is 5.91 Å². The Bertz CT molecular complexity index is 720. The molecular weight excluding hydrogens is 298 g/mol. The number of aryl methyl sites for hydroxylation is 1. The van der Waals surface area contributed by atoms with Crippen LogP contribution in [0.3, 0.4) is 0 Å². The van der Waals surface area contributed by atoms with Gasteiger partial charge in [-0.3, -0.25) is 9.69 Å². The highest BCUT2D eigenvalue weighted by Crippen LogP contribution is 2.35. The largest absolute Gasteiger partial charge is 0.270 e. The molecule has 3 rings (SSSR count). The average Bonchev–Trinajstić information content (AvgIpc) is 2.76. The van der Waals surface area contributed by atoms with E-state index in [2.05, 4.69) is 0 Å². The van der Waals surface area contributed by atoms with Gasteiger partial charge >= 0.3 is 0 Å². The highest BCUT2D eigenvalue weighted by Gasteiger charge is 2.33. The molecule has 2 nitrogen and oxygen atoms in total. The van der Waals surface area contributed by atoms with Crippen molar-refractivity contribution in [1.29, 1.82) is 0 Å². The number of hydrogen-bond acceptors (Lipinski definition) is 3. The molecular formula is C17H13NOS2. The maximum absolute atomic E-state index is 12.6. The number of carbonyl (C=O) groups excluding carboxylic acids is 1. The van der Waals surface area contributed by atoms with Crippen molar-refractivity contribution < 1.29 is 4.79 Å². The molecule has 0 unspecified atom stereocenters. The Kier molecular flexibility index (Phi) is 3.90. The number of thiocarbonyl (C=S) groups is 1. The molecule has 21 heavy (non-hydrogen) atoms. The third-order valence-corrected chi connectivity index (χ3v) is 4.49. The van der Waals surface area contributed by atoms with E-state index in [1.54, 1.807) is 4.90 Å². The van der Waals surface area contributed by atoms with Crippen LogP contribution < -0.4 is 4.90 Å². The van der Waals surface area contributed by atoms with Crippen molar-refractivity contribution in [3.05, 3.63) is 70.6 Å². The van der Waals surface area contributed by atoms with E-state index in [1.165, 1.54) is 11.8 Å². The Balaban J connectivity index is 1.92. The van der Waals surface area contributed by atoms with Gasteiger partial charge in [0, 0.05) is 0 Å². The first-order chi connectivity index (χ1) is 10.1. The van der Waals surface area contributed by atoms with Crippen LogP contribution in [0.2, 0.25) is 0 Å². The second-order valence-corrected chi connectivity index (χ2v) is 6.44. The predicted molar refractivity (Wildman–Crippen MR) is 93.3 cm³/mol. The van der Waals surface area contributed by atoms with Crippen molar-refractivity contribution >= 4 is 46.0 Å². The van der Waals surface area contributed by atoms with E-state index in [0.29, 0.717) is 9.23 Å². The molecule has 1 fully saturated rings. The van der Waals surface area contributed by atoms with Crippen molar-refractivity contribution in [3.63, 3.8) is 0 Å². The van der Waals surface area contributed by atoms with Crippen LogP contribution in [0, 0.1) is 6.92 Å². The molecule has 2 aromatic rings. The van der Waals surface area contributed by atoms with Crippen molar-refractivity contribution in [2.24, 2.45) is 0 Å².